The van der Waals surface area contributed by atoms with E-state index in [9.17, 15) is 22.8 Å². The van der Waals surface area contributed by atoms with Gasteiger partial charge in [0.1, 0.15) is 23.2 Å². The standard InChI is InChI=1S/C65H98F3N9O15/c1-49(2)64-72-70-50(3)77(64)60-46-59-65(60)14-9-58(65)76(59)17-12-57(52-7-5-4-6-8-52)69-61(78)43-51-10-15-74(16-11-51)18-21-81-24-27-84-39-40-90-41-42-91-48-54-47-75(73-71-54)19-22-82-25-28-85-30-32-87-34-36-89-38-37-88-35-33-86-31-29-83-26-23-80-20-13-62(79)92-63-55(67)44-53(66)45-56(63)68/h4-8,44-45,47,49,51,57-60H,9-43,46,48H2,1-3H3,(H,69,78)/t57-,58?,59?,60?,65?/m0/s1. The number of hydrogen-bond acceptors (Lipinski definition) is 21. The predicted octanol–water partition coefficient (Wildman–Crippen LogP) is 6.24. The summed E-state index contributed by atoms with van der Waals surface area (Å²) in [4.78, 5) is 30.5. The largest absolute Gasteiger partial charge is 0.420 e. The van der Waals surface area contributed by atoms with Crippen molar-refractivity contribution < 1.29 is 84.3 Å². The molecule has 4 unspecified atom stereocenters. The van der Waals surface area contributed by atoms with Crippen LogP contribution in [0.15, 0.2) is 48.7 Å². The fourth-order valence-corrected chi connectivity index (χ4v) is 12.5. The van der Waals surface area contributed by atoms with Crippen molar-refractivity contribution in [3.05, 3.63) is 89.0 Å². The van der Waals surface area contributed by atoms with Crippen LogP contribution in [0.5, 0.6) is 5.75 Å². The average Bonchev–Trinajstić information content (AvgIpc) is 0.866. The summed E-state index contributed by atoms with van der Waals surface area (Å²) >= 11 is 0. The number of nitrogens with zero attached hydrogens (tertiary/aromatic N) is 8. The van der Waals surface area contributed by atoms with Crippen LogP contribution >= 0.6 is 0 Å². The number of aryl methyl sites for hydroxylation is 1. The third-order valence-corrected chi connectivity index (χ3v) is 17.3. The van der Waals surface area contributed by atoms with Gasteiger partial charge in [-0.15, -0.1) is 15.3 Å². The quantitative estimate of drug-likeness (QED) is 0.0293. The minimum Gasteiger partial charge on any atom is -0.420 e. The van der Waals surface area contributed by atoms with Crippen LogP contribution in [0.25, 0.3) is 0 Å². The molecule has 8 rings (SSSR count). The number of piperidine rings is 3. The number of hydrogen-bond donors (Lipinski definition) is 1. The molecule has 0 radical (unpaired) electrons. The Bertz CT molecular complexity index is 2700. The van der Waals surface area contributed by atoms with Gasteiger partial charge in [0.05, 0.1) is 184 Å². The molecule has 92 heavy (non-hydrogen) atoms. The molecule has 1 spiro atoms. The second-order valence-electron chi connectivity index (χ2n) is 23.8. The summed E-state index contributed by atoms with van der Waals surface area (Å²) < 4.78 is 116. The summed E-state index contributed by atoms with van der Waals surface area (Å²) in [6.45, 7) is 20.6. The van der Waals surface area contributed by atoms with Crippen molar-refractivity contribution in [1.29, 1.82) is 0 Å². The minimum atomic E-state index is -1.30. The van der Waals surface area contributed by atoms with E-state index in [1.807, 2.05) is 12.3 Å². The third kappa shape index (κ3) is 23.1. The van der Waals surface area contributed by atoms with Crippen LogP contribution in [0, 0.1) is 35.7 Å². The normalized spacial score (nSPS) is 19.4. The Kier molecular flexibility index (Phi) is 31.9. The molecule has 2 aromatic carbocycles. The zero-order chi connectivity index (χ0) is 64.6. The lowest BCUT2D eigenvalue weighted by Crippen LogP contribution is -2.85. The molecule has 4 aromatic rings. The summed E-state index contributed by atoms with van der Waals surface area (Å²) in [6, 6.07) is 13.1. The Labute approximate surface area is 538 Å². The molecule has 24 nitrogen and oxygen atoms in total. The van der Waals surface area contributed by atoms with Crippen molar-refractivity contribution in [3.8, 4) is 5.75 Å². The second kappa shape index (κ2) is 40.3. The number of halogens is 3. The van der Waals surface area contributed by atoms with Crippen LogP contribution in [0.1, 0.15) is 106 Å². The zero-order valence-electron chi connectivity index (χ0n) is 54.1. The molecule has 27 heteroatoms. The lowest BCUT2D eigenvalue weighted by Gasteiger charge is -2.80. The highest BCUT2D eigenvalue weighted by molar-refractivity contribution is 5.76. The Hall–Kier alpha value is -5.11. The Morgan fingerprint density at radius 1 is 0.609 bits per heavy atom. The molecule has 4 aliphatic rings. The fraction of sp³-hybridized carbons (Fsp3) is 0.723. The molecule has 2 aliphatic carbocycles. The summed E-state index contributed by atoms with van der Waals surface area (Å²) in [5.74, 6) is -2.50. The Balaban J connectivity index is 0.513. The Morgan fingerprint density at radius 3 is 1.65 bits per heavy atom. The van der Waals surface area contributed by atoms with Gasteiger partial charge in [0.15, 0.2) is 11.6 Å². The van der Waals surface area contributed by atoms with Gasteiger partial charge in [0.2, 0.25) is 11.7 Å². The van der Waals surface area contributed by atoms with Crippen LogP contribution in [0.4, 0.5) is 13.2 Å². The zero-order valence-corrected chi connectivity index (χ0v) is 54.1. The number of carbonyl (C=O) groups is 2. The van der Waals surface area contributed by atoms with Gasteiger partial charge in [-0.25, -0.2) is 17.9 Å². The topological polar surface area (TPSA) is 234 Å². The Morgan fingerprint density at radius 2 is 1.13 bits per heavy atom. The van der Waals surface area contributed by atoms with Crippen LogP contribution in [-0.2, 0) is 79.6 Å². The smallest absolute Gasteiger partial charge is 0.313 e. The van der Waals surface area contributed by atoms with E-state index in [0.717, 1.165) is 69.2 Å². The van der Waals surface area contributed by atoms with Crippen molar-refractivity contribution >= 4 is 11.9 Å². The number of amides is 1. The maximum atomic E-state index is 13.6. The van der Waals surface area contributed by atoms with E-state index in [1.54, 1.807) is 4.68 Å². The number of ether oxygens (including phenoxy) is 13. The minimum absolute atomic E-state index is 0.00405. The molecule has 4 heterocycles. The molecule has 514 valence electrons. The van der Waals surface area contributed by atoms with Gasteiger partial charge in [-0.2, -0.15) is 0 Å². The molecule has 1 N–H and O–H groups in total. The molecule has 2 aliphatic heterocycles. The van der Waals surface area contributed by atoms with Gasteiger partial charge < -0.3 is 76.4 Å². The number of rotatable bonds is 51. The molecule has 5 atom stereocenters. The molecular weight excluding hydrogens is 1200 g/mol. The first-order valence-corrected chi connectivity index (χ1v) is 32.9. The van der Waals surface area contributed by atoms with E-state index in [4.69, 9.17) is 56.8 Å². The SMILES string of the molecule is Cc1nnc(C(C)C)n1C1CC2N(CC[C@H](NC(=O)CC3CCN(CCOCCOCCOCCOCc4cn(CCOCCOCCOCCOCCOCCOCCOCCOCCC(=O)Oc5c(F)cc(F)cc5F)nn4)CC3)c3ccccc3)C3CCC321. The number of benzene rings is 2. The van der Waals surface area contributed by atoms with Gasteiger partial charge >= 0.3 is 5.97 Å². The number of likely N-dealkylation sites (tertiary alicyclic amines) is 2. The number of nitrogens with one attached hydrogen (secondary N) is 1. The monoisotopic (exact) mass is 1300 g/mol. The number of esters is 1. The average molecular weight is 1300 g/mol. The fourth-order valence-electron chi connectivity index (χ4n) is 12.5. The van der Waals surface area contributed by atoms with Gasteiger partial charge in [-0.3, -0.25) is 14.5 Å². The first-order valence-electron chi connectivity index (χ1n) is 32.9. The third-order valence-electron chi connectivity index (χ3n) is 17.3. The van der Waals surface area contributed by atoms with Crippen molar-refractivity contribution in [2.45, 2.75) is 115 Å². The number of aromatic nitrogens is 6. The molecule has 4 fully saturated rings. The van der Waals surface area contributed by atoms with Crippen LogP contribution < -0.4 is 10.1 Å². The van der Waals surface area contributed by atoms with E-state index in [2.05, 4.69) is 90.0 Å². The van der Waals surface area contributed by atoms with E-state index < -0.39 is 29.2 Å². The molecule has 0 bridgehead atoms. The molecule has 1 amide bonds. The lowest BCUT2D eigenvalue weighted by molar-refractivity contribution is -0.295. The molecule has 2 aromatic heterocycles. The first-order chi connectivity index (χ1) is 45.0. The van der Waals surface area contributed by atoms with Crippen molar-refractivity contribution in [2.75, 3.05) is 178 Å². The maximum absolute atomic E-state index is 13.6. The predicted molar refractivity (Wildman–Crippen MR) is 329 cm³/mol. The summed E-state index contributed by atoms with van der Waals surface area (Å²) in [7, 11) is 0. The van der Waals surface area contributed by atoms with Gasteiger partial charge in [0.25, 0.3) is 0 Å². The van der Waals surface area contributed by atoms with Gasteiger partial charge in [-0.1, -0.05) is 49.4 Å². The van der Waals surface area contributed by atoms with E-state index in [1.165, 1.54) is 18.4 Å². The van der Waals surface area contributed by atoms with E-state index >= 15 is 0 Å². The highest BCUT2D eigenvalue weighted by Gasteiger charge is 2.75. The molecule has 2 saturated carbocycles. The van der Waals surface area contributed by atoms with Crippen molar-refractivity contribution in [1.82, 2.24) is 44.9 Å². The first kappa shape index (κ1) is 72.7. The highest BCUT2D eigenvalue weighted by atomic mass is 19.1. The number of carbonyl (C=O) groups excluding carboxylic acids is 2. The second-order valence-corrected chi connectivity index (χ2v) is 23.8. The van der Waals surface area contributed by atoms with Crippen LogP contribution in [-0.4, -0.2) is 242 Å². The van der Waals surface area contributed by atoms with E-state index in [0.29, 0.717) is 199 Å². The summed E-state index contributed by atoms with van der Waals surface area (Å²) in [6.07, 6.45) is 8.81. The van der Waals surface area contributed by atoms with Crippen LogP contribution in [0.3, 0.4) is 0 Å². The van der Waals surface area contributed by atoms with Crippen LogP contribution in [0.2, 0.25) is 0 Å². The van der Waals surface area contributed by atoms with Crippen molar-refractivity contribution in [2.24, 2.45) is 11.3 Å². The van der Waals surface area contributed by atoms with Gasteiger partial charge in [0, 0.05) is 61.1 Å². The highest BCUT2D eigenvalue weighted by Crippen LogP contribution is 2.73. The summed E-state index contributed by atoms with van der Waals surface area (Å²) in [5.41, 5.74) is 2.29. The van der Waals surface area contributed by atoms with Crippen molar-refractivity contribution in [3.63, 3.8) is 0 Å². The molecule has 2 saturated heterocycles. The van der Waals surface area contributed by atoms with E-state index in [-0.39, 0.29) is 38.2 Å². The molecular formula is C65H98F3N9O15. The lowest BCUT2D eigenvalue weighted by atomic mass is 9.40. The van der Waals surface area contributed by atoms with Gasteiger partial charge in [-0.05, 0) is 70.0 Å². The summed E-state index contributed by atoms with van der Waals surface area (Å²) in [5, 5.41) is 20.8. The maximum Gasteiger partial charge on any atom is 0.313 e.